The van der Waals surface area contributed by atoms with Gasteiger partial charge in [0.25, 0.3) is 0 Å². The molecule has 0 aliphatic carbocycles. The molecular formula is C12H14FN3. The number of hydrogen-bond donors (Lipinski definition) is 1. The van der Waals surface area contributed by atoms with Crippen LogP contribution in [0.15, 0.2) is 30.5 Å². The van der Waals surface area contributed by atoms with E-state index in [4.69, 9.17) is 5.73 Å². The van der Waals surface area contributed by atoms with E-state index in [2.05, 4.69) is 12.0 Å². The molecule has 0 amide bonds. The van der Waals surface area contributed by atoms with Crippen LogP contribution in [0.2, 0.25) is 0 Å². The molecule has 2 rings (SSSR count). The summed E-state index contributed by atoms with van der Waals surface area (Å²) in [5, 5.41) is 4.34. The predicted octanol–water partition coefficient (Wildman–Crippen LogP) is 2.68. The van der Waals surface area contributed by atoms with Crippen molar-refractivity contribution in [2.45, 2.75) is 19.9 Å². The molecule has 0 saturated heterocycles. The highest BCUT2D eigenvalue weighted by atomic mass is 19.1. The summed E-state index contributed by atoms with van der Waals surface area (Å²) in [6.07, 6.45) is 2.77. The molecule has 1 aromatic carbocycles. The van der Waals surface area contributed by atoms with Crippen LogP contribution >= 0.6 is 0 Å². The molecule has 0 spiro atoms. The lowest BCUT2D eigenvalue weighted by atomic mass is 10.1. The lowest BCUT2D eigenvalue weighted by Gasteiger charge is -1.98. The Morgan fingerprint density at radius 2 is 2.25 bits per heavy atom. The second-order valence-corrected chi connectivity index (χ2v) is 3.71. The van der Waals surface area contributed by atoms with Gasteiger partial charge in [0.15, 0.2) is 0 Å². The van der Waals surface area contributed by atoms with Gasteiger partial charge in [0, 0.05) is 18.3 Å². The first-order chi connectivity index (χ1) is 7.70. The largest absolute Gasteiger partial charge is 0.396 e. The molecule has 0 fully saturated rings. The average Bonchev–Trinajstić information content (AvgIpc) is 2.60. The third kappa shape index (κ3) is 2.05. The highest BCUT2D eigenvalue weighted by Crippen LogP contribution is 2.24. The molecule has 2 aromatic rings. The summed E-state index contributed by atoms with van der Waals surface area (Å²) in [4.78, 5) is 0. The van der Waals surface area contributed by atoms with Gasteiger partial charge in [-0.05, 0) is 18.6 Å². The molecule has 1 aromatic heterocycles. The monoisotopic (exact) mass is 219 g/mol. The maximum atomic E-state index is 13.1. The minimum atomic E-state index is -0.276. The fraction of sp³-hybridized carbons (Fsp3) is 0.250. The van der Waals surface area contributed by atoms with E-state index >= 15 is 0 Å². The van der Waals surface area contributed by atoms with E-state index in [-0.39, 0.29) is 5.82 Å². The number of anilines is 1. The SMILES string of the molecule is CCCn1cc(N)c(-c2cccc(F)c2)n1. The molecule has 0 unspecified atom stereocenters. The minimum absolute atomic E-state index is 0.276. The number of aromatic nitrogens is 2. The molecule has 0 atom stereocenters. The lowest BCUT2D eigenvalue weighted by Crippen LogP contribution is -1.96. The topological polar surface area (TPSA) is 43.8 Å². The Kier molecular flexibility index (Phi) is 2.90. The van der Waals surface area contributed by atoms with Crippen molar-refractivity contribution in [3.8, 4) is 11.3 Å². The number of rotatable bonds is 3. The van der Waals surface area contributed by atoms with E-state index in [0.717, 1.165) is 13.0 Å². The van der Waals surface area contributed by atoms with Gasteiger partial charge in [0.05, 0.1) is 5.69 Å². The first-order valence-corrected chi connectivity index (χ1v) is 5.29. The van der Waals surface area contributed by atoms with Crippen LogP contribution in [-0.4, -0.2) is 9.78 Å². The molecule has 4 heteroatoms. The molecule has 3 nitrogen and oxygen atoms in total. The van der Waals surface area contributed by atoms with E-state index in [1.807, 2.05) is 0 Å². The van der Waals surface area contributed by atoms with Crippen LogP contribution < -0.4 is 5.73 Å². The summed E-state index contributed by atoms with van der Waals surface area (Å²) >= 11 is 0. The van der Waals surface area contributed by atoms with Gasteiger partial charge in [-0.2, -0.15) is 5.10 Å². The highest BCUT2D eigenvalue weighted by molar-refractivity contribution is 5.71. The summed E-state index contributed by atoms with van der Waals surface area (Å²) in [5.74, 6) is -0.276. The predicted molar refractivity (Wildman–Crippen MR) is 62.3 cm³/mol. The van der Waals surface area contributed by atoms with Gasteiger partial charge < -0.3 is 5.73 Å². The first-order valence-electron chi connectivity index (χ1n) is 5.29. The molecule has 0 aliphatic rings. The molecule has 16 heavy (non-hydrogen) atoms. The molecule has 0 saturated carbocycles. The molecular weight excluding hydrogens is 205 g/mol. The number of aryl methyl sites for hydroxylation is 1. The normalized spacial score (nSPS) is 10.6. The van der Waals surface area contributed by atoms with Crippen LogP contribution in [0.25, 0.3) is 11.3 Å². The number of halogens is 1. The minimum Gasteiger partial charge on any atom is -0.396 e. The van der Waals surface area contributed by atoms with Gasteiger partial charge in [0.1, 0.15) is 11.5 Å². The maximum absolute atomic E-state index is 13.1. The molecule has 2 N–H and O–H groups in total. The van der Waals surface area contributed by atoms with Gasteiger partial charge in [0.2, 0.25) is 0 Å². The molecule has 84 valence electrons. The van der Waals surface area contributed by atoms with Crippen LogP contribution in [0.3, 0.4) is 0 Å². The first kappa shape index (κ1) is 10.7. The molecule has 0 aliphatic heterocycles. The lowest BCUT2D eigenvalue weighted by molar-refractivity contribution is 0.604. The van der Waals surface area contributed by atoms with Crippen LogP contribution in [0.1, 0.15) is 13.3 Å². The van der Waals surface area contributed by atoms with Gasteiger partial charge in [-0.15, -0.1) is 0 Å². The fourth-order valence-electron chi connectivity index (χ4n) is 1.64. The second kappa shape index (κ2) is 4.35. The number of hydrogen-bond acceptors (Lipinski definition) is 2. The van der Waals surface area contributed by atoms with E-state index in [1.54, 1.807) is 23.0 Å². The summed E-state index contributed by atoms with van der Waals surface area (Å²) in [6.45, 7) is 2.89. The Morgan fingerprint density at radius 1 is 1.44 bits per heavy atom. The van der Waals surface area contributed by atoms with Crippen LogP contribution in [0.4, 0.5) is 10.1 Å². The van der Waals surface area contributed by atoms with E-state index in [9.17, 15) is 4.39 Å². The smallest absolute Gasteiger partial charge is 0.123 e. The Morgan fingerprint density at radius 3 is 2.94 bits per heavy atom. The van der Waals surface area contributed by atoms with E-state index in [1.165, 1.54) is 12.1 Å². The fourth-order valence-corrected chi connectivity index (χ4v) is 1.64. The van der Waals surface area contributed by atoms with Crippen molar-refractivity contribution in [2.24, 2.45) is 0 Å². The van der Waals surface area contributed by atoms with Gasteiger partial charge in [-0.25, -0.2) is 4.39 Å². The number of nitrogen functional groups attached to an aromatic ring is 1. The number of nitrogens with two attached hydrogens (primary N) is 1. The summed E-state index contributed by atoms with van der Waals surface area (Å²) < 4.78 is 14.9. The van der Waals surface area contributed by atoms with Crippen LogP contribution in [0.5, 0.6) is 0 Å². The van der Waals surface area contributed by atoms with Crippen molar-refractivity contribution in [1.82, 2.24) is 9.78 Å². The standard InChI is InChI=1S/C12H14FN3/c1-2-6-16-8-11(14)12(15-16)9-4-3-5-10(13)7-9/h3-5,7-8H,2,6,14H2,1H3. The van der Waals surface area contributed by atoms with Gasteiger partial charge in [-0.3, -0.25) is 4.68 Å². The molecule has 0 radical (unpaired) electrons. The van der Waals surface area contributed by atoms with Crippen molar-refractivity contribution < 1.29 is 4.39 Å². The third-order valence-electron chi connectivity index (χ3n) is 2.34. The van der Waals surface area contributed by atoms with Crippen molar-refractivity contribution in [3.05, 3.63) is 36.3 Å². The Hall–Kier alpha value is -1.84. The molecule has 1 heterocycles. The van der Waals surface area contributed by atoms with Crippen molar-refractivity contribution >= 4 is 5.69 Å². The number of benzene rings is 1. The zero-order valence-electron chi connectivity index (χ0n) is 9.15. The van der Waals surface area contributed by atoms with Crippen LogP contribution in [-0.2, 0) is 6.54 Å². The Labute approximate surface area is 93.7 Å². The second-order valence-electron chi connectivity index (χ2n) is 3.71. The Bertz CT molecular complexity index is 491. The summed E-state index contributed by atoms with van der Waals surface area (Å²) in [5.41, 5.74) is 7.79. The highest BCUT2D eigenvalue weighted by Gasteiger charge is 2.08. The number of nitrogens with zero attached hydrogens (tertiary/aromatic N) is 2. The van der Waals surface area contributed by atoms with Crippen molar-refractivity contribution in [2.75, 3.05) is 5.73 Å². The average molecular weight is 219 g/mol. The summed E-state index contributed by atoms with van der Waals surface area (Å²) in [6, 6.07) is 6.30. The molecule has 0 bridgehead atoms. The maximum Gasteiger partial charge on any atom is 0.123 e. The van der Waals surface area contributed by atoms with Gasteiger partial charge >= 0.3 is 0 Å². The quantitative estimate of drug-likeness (QED) is 0.862. The van der Waals surface area contributed by atoms with Crippen LogP contribution in [0, 0.1) is 5.82 Å². The van der Waals surface area contributed by atoms with E-state index in [0.29, 0.717) is 16.9 Å². The Balaban J connectivity index is 2.40. The van der Waals surface area contributed by atoms with Gasteiger partial charge in [-0.1, -0.05) is 19.1 Å². The zero-order chi connectivity index (χ0) is 11.5. The van der Waals surface area contributed by atoms with Crippen molar-refractivity contribution in [3.63, 3.8) is 0 Å². The van der Waals surface area contributed by atoms with E-state index < -0.39 is 0 Å². The van der Waals surface area contributed by atoms with Crippen molar-refractivity contribution in [1.29, 1.82) is 0 Å². The summed E-state index contributed by atoms with van der Waals surface area (Å²) in [7, 11) is 0. The zero-order valence-corrected chi connectivity index (χ0v) is 9.15. The third-order valence-corrected chi connectivity index (χ3v) is 2.34.